The van der Waals surface area contributed by atoms with E-state index in [0.717, 1.165) is 15.2 Å². The van der Waals surface area contributed by atoms with Gasteiger partial charge >= 0.3 is 0 Å². The number of thiazole rings is 1. The lowest BCUT2D eigenvalue weighted by atomic mass is 10.1. The molecule has 1 aromatic heterocycles. The molecule has 0 saturated carbocycles. The van der Waals surface area contributed by atoms with E-state index in [9.17, 15) is 4.21 Å². The van der Waals surface area contributed by atoms with Gasteiger partial charge in [-0.05, 0) is 45.0 Å². The number of aromatic nitrogens is 1. The first-order valence-corrected chi connectivity index (χ1v) is 10.5. The summed E-state index contributed by atoms with van der Waals surface area (Å²) >= 11 is 14.4. The maximum absolute atomic E-state index is 12.8. The number of fused-ring (bicyclic) bond motifs is 1. The summed E-state index contributed by atoms with van der Waals surface area (Å²) in [6.07, 6.45) is 0. The molecule has 1 unspecified atom stereocenters. The molecule has 0 spiro atoms. The van der Waals surface area contributed by atoms with Gasteiger partial charge in [0, 0.05) is 15.6 Å². The first-order valence-electron chi connectivity index (χ1n) is 7.75. The van der Waals surface area contributed by atoms with Gasteiger partial charge < -0.3 is 0 Å². The zero-order chi connectivity index (χ0) is 18.2. The van der Waals surface area contributed by atoms with Crippen LogP contribution in [0.5, 0.6) is 0 Å². The van der Waals surface area contributed by atoms with Gasteiger partial charge in [-0.2, -0.15) is 0 Å². The van der Waals surface area contributed by atoms with E-state index in [2.05, 4.69) is 4.72 Å². The molecule has 25 heavy (non-hydrogen) atoms. The van der Waals surface area contributed by atoms with E-state index < -0.39 is 21.8 Å². The molecule has 0 bridgehead atoms. The Hall–Kier alpha value is -0.980. The largest absolute Gasteiger partial charge is 0.242 e. The van der Waals surface area contributed by atoms with Gasteiger partial charge in [0.05, 0.1) is 32.0 Å². The number of para-hydroxylation sites is 1. The molecule has 0 fully saturated rings. The fourth-order valence-electron chi connectivity index (χ4n) is 2.32. The summed E-state index contributed by atoms with van der Waals surface area (Å²) < 4.78 is 16.6. The fraction of sp³-hybridized carbons (Fsp3) is 0.278. The van der Waals surface area contributed by atoms with Crippen molar-refractivity contribution in [2.45, 2.75) is 31.6 Å². The molecule has 0 aliphatic carbocycles. The van der Waals surface area contributed by atoms with Crippen LogP contribution in [0, 0.1) is 0 Å². The minimum Gasteiger partial charge on any atom is -0.242 e. The summed E-state index contributed by atoms with van der Waals surface area (Å²) in [6, 6.07) is 12.8. The topological polar surface area (TPSA) is 42.0 Å². The van der Waals surface area contributed by atoms with E-state index in [1.54, 1.807) is 29.5 Å². The molecule has 0 aliphatic heterocycles. The summed E-state index contributed by atoms with van der Waals surface area (Å²) in [4.78, 5) is 4.71. The highest BCUT2D eigenvalue weighted by atomic mass is 35.5. The predicted molar refractivity (Wildman–Crippen MR) is 109 cm³/mol. The molecule has 3 aromatic rings. The van der Waals surface area contributed by atoms with E-state index in [1.807, 2.05) is 45.0 Å². The highest BCUT2D eigenvalue weighted by molar-refractivity contribution is 7.84. The monoisotopic (exact) mass is 412 g/mol. The van der Waals surface area contributed by atoms with Gasteiger partial charge in [0.2, 0.25) is 0 Å². The van der Waals surface area contributed by atoms with Crippen molar-refractivity contribution >= 4 is 55.7 Å². The highest BCUT2D eigenvalue weighted by Crippen LogP contribution is 2.37. The van der Waals surface area contributed by atoms with Crippen molar-refractivity contribution < 1.29 is 4.21 Å². The summed E-state index contributed by atoms with van der Waals surface area (Å²) in [6.45, 7) is 5.75. The van der Waals surface area contributed by atoms with Crippen molar-refractivity contribution in [3.05, 3.63) is 63.1 Å². The van der Waals surface area contributed by atoms with Crippen LogP contribution < -0.4 is 4.72 Å². The van der Waals surface area contributed by atoms with Crippen LogP contribution in [0.25, 0.3) is 10.2 Å². The molecule has 1 heterocycles. The molecular formula is C18H18Cl2N2OS2. The van der Waals surface area contributed by atoms with E-state index in [0.29, 0.717) is 15.6 Å². The van der Waals surface area contributed by atoms with Crippen molar-refractivity contribution in [3.8, 4) is 0 Å². The van der Waals surface area contributed by atoms with Crippen molar-refractivity contribution in [2.24, 2.45) is 0 Å². The first-order chi connectivity index (χ1) is 11.8. The Morgan fingerprint density at radius 2 is 1.72 bits per heavy atom. The van der Waals surface area contributed by atoms with Crippen molar-refractivity contribution in [3.63, 3.8) is 0 Å². The Morgan fingerprint density at radius 3 is 2.32 bits per heavy atom. The van der Waals surface area contributed by atoms with Gasteiger partial charge in [0.1, 0.15) is 5.01 Å². The molecule has 0 aliphatic rings. The second kappa shape index (κ2) is 7.33. The maximum atomic E-state index is 12.8. The molecule has 1 N–H and O–H groups in total. The van der Waals surface area contributed by atoms with Crippen LogP contribution in [0.1, 0.15) is 37.4 Å². The minimum atomic E-state index is -1.31. The molecule has 0 radical (unpaired) electrons. The van der Waals surface area contributed by atoms with E-state index in [-0.39, 0.29) is 0 Å². The summed E-state index contributed by atoms with van der Waals surface area (Å²) in [5.74, 6) is 0. The molecule has 0 amide bonds. The minimum absolute atomic E-state index is 0.428. The fourth-order valence-corrected chi connectivity index (χ4v) is 4.83. The zero-order valence-corrected chi connectivity index (χ0v) is 17.2. The Labute approximate surface area is 164 Å². The lowest BCUT2D eigenvalue weighted by Gasteiger charge is -2.24. The average Bonchev–Trinajstić information content (AvgIpc) is 2.96. The van der Waals surface area contributed by atoms with Crippen molar-refractivity contribution in [1.29, 1.82) is 0 Å². The smallest absolute Gasteiger partial charge is 0.116 e. The predicted octanol–water partition coefficient (Wildman–Crippen LogP) is 5.74. The highest BCUT2D eigenvalue weighted by Gasteiger charge is 2.29. The number of benzene rings is 2. The van der Waals surface area contributed by atoms with Gasteiger partial charge in [-0.25, -0.2) is 13.9 Å². The second-order valence-electron chi connectivity index (χ2n) is 6.59. The molecular weight excluding hydrogens is 395 g/mol. The average molecular weight is 413 g/mol. The molecule has 3 nitrogen and oxygen atoms in total. The zero-order valence-electron chi connectivity index (χ0n) is 14.0. The molecule has 2 atom stereocenters. The third-order valence-corrected chi connectivity index (χ3v) is 6.95. The van der Waals surface area contributed by atoms with Crippen LogP contribution in [0.15, 0.2) is 42.5 Å². The number of halogens is 2. The number of nitrogens with zero attached hydrogens (tertiary/aromatic N) is 1. The van der Waals surface area contributed by atoms with Gasteiger partial charge in [-0.15, -0.1) is 11.3 Å². The van der Waals surface area contributed by atoms with Crippen LogP contribution in [0.4, 0.5) is 0 Å². The van der Waals surface area contributed by atoms with Crippen LogP contribution in [0.3, 0.4) is 0 Å². The quantitative estimate of drug-likeness (QED) is 0.592. The number of hydrogen-bond donors (Lipinski definition) is 1. The Kier molecular flexibility index (Phi) is 5.51. The van der Waals surface area contributed by atoms with Gasteiger partial charge in [-0.3, -0.25) is 0 Å². The van der Waals surface area contributed by atoms with Crippen molar-refractivity contribution in [2.75, 3.05) is 0 Å². The Morgan fingerprint density at radius 1 is 1.08 bits per heavy atom. The third kappa shape index (κ3) is 4.07. The molecule has 3 rings (SSSR count). The maximum Gasteiger partial charge on any atom is 0.116 e. The van der Waals surface area contributed by atoms with E-state index >= 15 is 0 Å². The number of rotatable bonds is 4. The van der Waals surface area contributed by atoms with Crippen LogP contribution in [0.2, 0.25) is 10.0 Å². The first kappa shape index (κ1) is 18.8. The Bertz CT molecular complexity index is 881. The van der Waals surface area contributed by atoms with Gasteiger partial charge in [-0.1, -0.05) is 41.4 Å². The Balaban J connectivity index is 2.13. The molecule has 132 valence electrons. The SMILES string of the molecule is CC(C)(C)S(=O)N[C@H](c1nc2ccccc2s1)c1c(Cl)cccc1Cl. The van der Waals surface area contributed by atoms with Gasteiger partial charge in [0.15, 0.2) is 0 Å². The number of hydrogen-bond acceptors (Lipinski definition) is 3. The summed E-state index contributed by atoms with van der Waals surface area (Å²) in [5, 5.41) is 1.83. The lowest BCUT2D eigenvalue weighted by Crippen LogP contribution is -2.36. The van der Waals surface area contributed by atoms with Gasteiger partial charge in [0.25, 0.3) is 0 Å². The van der Waals surface area contributed by atoms with Crippen LogP contribution >= 0.6 is 34.5 Å². The standard InChI is InChI=1S/C18H18Cl2N2OS2/c1-18(2,3)25(23)22-16(15-11(19)7-6-8-12(15)20)17-21-13-9-4-5-10-14(13)24-17/h4-10,16,22H,1-3H3/t16-,25?/m0/s1. The molecule has 2 aromatic carbocycles. The van der Waals surface area contributed by atoms with Crippen LogP contribution in [-0.2, 0) is 11.0 Å². The molecule has 7 heteroatoms. The second-order valence-corrected chi connectivity index (χ2v) is 10.5. The third-order valence-electron chi connectivity index (χ3n) is 3.63. The molecule has 0 saturated heterocycles. The summed E-state index contributed by atoms with van der Waals surface area (Å²) in [7, 11) is -1.31. The lowest BCUT2D eigenvalue weighted by molar-refractivity contribution is 0.623. The van der Waals surface area contributed by atoms with Crippen LogP contribution in [-0.4, -0.2) is 13.9 Å². The summed E-state index contributed by atoms with van der Waals surface area (Å²) in [5.41, 5.74) is 1.60. The number of nitrogens with one attached hydrogen (secondary N) is 1. The normalized spacial score (nSPS) is 14.6. The van der Waals surface area contributed by atoms with E-state index in [1.165, 1.54) is 0 Å². The van der Waals surface area contributed by atoms with Crippen molar-refractivity contribution in [1.82, 2.24) is 9.71 Å². The van der Waals surface area contributed by atoms with E-state index in [4.69, 9.17) is 28.2 Å².